The van der Waals surface area contributed by atoms with E-state index < -0.39 is 5.97 Å². The second-order valence-electron chi connectivity index (χ2n) is 6.51. The van der Waals surface area contributed by atoms with Gasteiger partial charge in [-0.15, -0.1) is 0 Å². The van der Waals surface area contributed by atoms with E-state index in [1.165, 1.54) is 5.56 Å². The van der Waals surface area contributed by atoms with Crippen molar-refractivity contribution >= 4 is 16.9 Å². The van der Waals surface area contributed by atoms with Crippen LogP contribution in [0.1, 0.15) is 22.8 Å². The average Bonchev–Trinajstić information content (AvgIpc) is 2.73. The van der Waals surface area contributed by atoms with Gasteiger partial charge >= 0.3 is 5.97 Å². The number of benzene rings is 3. The van der Waals surface area contributed by atoms with Gasteiger partial charge in [0.1, 0.15) is 0 Å². The molecule has 0 aliphatic carbocycles. The molecule has 1 heterocycles. The summed E-state index contributed by atoms with van der Waals surface area (Å²) in [5.41, 5.74) is 6.05. The fourth-order valence-corrected chi connectivity index (χ4v) is 3.29. The molecule has 0 amide bonds. The van der Waals surface area contributed by atoms with Gasteiger partial charge in [0, 0.05) is 10.9 Å². The van der Waals surface area contributed by atoms with Crippen LogP contribution in [0, 0.1) is 0 Å². The van der Waals surface area contributed by atoms with Gasteiger partial charge in [-0.05, 0) is 41.3 Å². The van der Waals surface area contributed by atoms with Crippen LogP contribution in [0.2, 0.25) is 0 Å². The van der Waals surface area contributed by atoms with Gasteiger partial charge in [0.05, 0.1) is 16.8 Å². The van der Waals surface area contributed by atoms with E-state index in [-0.39, 0.29) is 5.56 Å². The summed E-state index contributed by atoms with van der Waals surface area (Å²) in [6.45, 7) is 2.14. The van der Waals surface area contributed by atoms with E-state index in [2.05, 4.69) is 48.3 Å². The molecule has 1 aromatic heterocycles. The summed E-state index contributed by atoms with van der Waals surface area (Å²) in [6, 6.07) is 25.6. The minimum atomic E-state index is -0.943. The Kier molecular flexibility index (Phi) is 4.43. The van der Waals surface area contributed by atoms with Gasteiger partial charge in [-0.1, -0.05) is 67.6 Å². The Bertz CT molecular complexity index is 1130. The SMILES string of the molecule is CCc1ccc(-c2cccc(-c3cc(C(=O)O)c4ccccc4n3)c2)cc1. The topological polar surface area (TPSA) is 50.2 Å². The van der Waals surface area contributed by atoms with Gasteiger partial charge in [-0.2, -0.15) is 0 Å². The molecular weight excluding hydrogens is 334 g/mol. The van der Waals surface area contributed by atoms with Crippen LogP contribution in [0.25, 0.3) is 33.3 Å². The highest BCUT2D eigenvalue weighted by atomic mass is 16.4. The van der Waals surface area contributed by atoms with E-state index in [0.717, 1.165) is 23.1 Å². The predicted molar refractivity (Wildman–Crippen MR) is 109 cm³/mol. The highest BCUT2D eigenvalue weighted by Gasteiger charge is 2.13. The number of hydrogen-bond acceptors (Lipinski definition) is 2. The van der Waals surface area contributed by atoms with Gasteiger partial charge in [0.25, 0.3) is 0 Å². The lowest BCUT2D eigenvalue weighted by Crippen LogP contribution is -2.00. The lowest BCUT2D eigenvalue weighted by atomic mass is 9.98. The van der Waals surface area contributed by atoms with Gasteiger partial charge in [0.15, 0.2) is 0 Å². The van der Waals surface area contributed by atoms with Gasteiger partial charge in [0.2, 0.25) is 0 Å². The minimum Gasteiger partial charge on any atom is -0.478 e. The largest absolute Gasteiger partial charge is 0.478 e. The van der Waals surface area contributed by atoms with Gasteiger partial charge in [-0.3, -0.25) is 0 Å². The number of aryl methyl sites for hydroxylation is 1. The average molecular weight is 353 g/mol. The van der Waals surface area contributed by atoms with Crippen molar-refractivity contribution in [3.05, 3.63) is 90.0 Å². The van der Waals surface area contributed by atoms with E-state index in [4.69, 9.17) is 0 Å². The third kappa shape index (κ3) is 3.32. The van der Waals surface area contributed by atoms with Crippen molar-refractivity contribution in [1.29, 1.82) is 0 Å². The molecule has 4 aromatic rings. The van der Waals surface area contributed by atoms with Crippen LogP contribution in [0.3, 0.4) is 0 Å². The monoisotopic (exact) mass is 353 g/mol. The maximum atomic E-state index is 11.7. The summed E-state index contributed by atoms with van der Waals surface area (Å²) in [7, 11) is 0. The molecule has 132 valence electrons. The highest BCUT2D eigenvalue weighted by Crippen LogP contribution is 2.28. The van der Waals surface area contributed by atoms with E-state index in [1.807, 2.05) is 30.3 Å². The molecule has 3 nitrogen and oxygen atoms in total. The van der Waals surface area contributed by atoms with Crippen LogP contribution in [-0.4, -0.2) is 16.1 Å². The first kappa shape index (κ1) is 17.0. The third-order valence-corrected chi connectivity index (χ3v) is 4.80. The highest BCUT2D eigenvalue weighted by molar-refractivity contribution is 6.03. The second-order valence-corrected chi connectivity index (χ2v) is 6.51. The molecule has 4 rings (SSSR count). The number of fused-ring (bicyclic) bond motifs is 1. The Morgan fingerprint density at radius 3 is 2.33 bits per heavy atom. The Morgan fingerprint density at radius 1 is 0.852 bits per heavy atom. The number of rotatable bonds is 4. The molecule has 0 spiro atoms. The number of hydrogen-bond donors (Lipinski definition) is 1. The molecule has 0 aliphatic heterocycles. The maximum absolute atomic E-state index is 11.7. The van der Waals surface area contributed by atoms with Crippen molar-refractivity contribution in [1.82, 2.24) is 4.98 Å². The predicted octanol–water partition coefficient (Wildman–Crippen LogP) is 5.83. The fourth-order valence-electron chi connectivity index (χ4n) is 3.29. The van der Waals surface area contributed by atoms with Crippen molar-refractivity contribution in [2.75, 3.05) is 0 Å². The molecule has 0 unspecified atom stereocenters. The molecule has 0 fully saturated rings. The second kappa shape index (κ2) is 7.04. The number of nitrogens with zero attached hydrogens (tertiary/aromatic N) is 1. The first-order valence-corrected chi connectivity index (χ1v) is 8.98. The van der Waals surface area contributed by atoms with Crippen molar-refractivity contribution in [3.63, 3.8) is 0 Å². The number of carbonyl (C=O) groups is 1. The van der Waals surface area contributed by atoms with Crippen LogP contribution >= 0.6 is 0 Å². The van der Waals surface area contributed by atoms with Gasteiger partial charge in [-0.25, -0.2) is 9.78 Å². The zero-order chi connectivity index (χ0) is 18.8. The Hall–Kier alpha value is -3.46. The zero-order valence-corrected chi connectivity index (χ0v) is 15.0. The molecule has 0 saturated carbocycles. The van der Waals surface area contributed by atoms with Crippen LogP contribution in [0.5, 0.6) is 0 Å². The van der Waals surface area contributed by atoms with Crippen LogP contribution in [0.4, 0.5) is 0 Å². The minimum absolute atomic E-state index is 0.272. The smallest absolute Gasteiger partial charge is 0.336 e. The third-order valence-electron chi connectivity index (χ3n) is 4.80. The summed E-state index contributed by atoms with van der Waals surface area (Å²) in [6.07, 6.45) is 1.01. The number of para-hydroxylation sites is 1. The number of carboxylic acid groups (broad SMARTS) is 1. The van der Waals surface area contributed by atoms with Crippen LogP contribution in [0.15, 0.2) is 78.9 Å². The Balaban J connectivity index is 1.83. The van der Waals surface area contributed by atoms with E-state index in [9.17, 15) is 9.90 Å². The molecule has 27 heavy (non-hydrogen) atoms. The lowest BCUT2D eigenvalue weighted by Gasteiger charge is -2.09. The molecular formula is C24H19NO2. The zero-order valence-electron chi connectivity index (χ0n) is 15.0. The molecule has 0 radical (unpaired) electrons. The van der Waals surface area contributed by atoms with Crippen molar-refractivity contribution in [3.8, 4) is 22.4 Å². The van der Waals surface area contributed by atoms with Crippen LogP contribution < -0.4 is 0 Å². The Labute approximate surface area is 157 Å². The standard InChI is InChI=1S/C24H19NO2/c1-2-16-10-12-17(13-11-16)18-6-5-7-19(14-18)23-15-21(24(26)27)20-8-3-4-9-22(20)25-23/h3-15H,2H2,1H3,(H,26,27). The molecule has 3 heteroatoms. The van der Waals surface area contributed by atoms with Crippen molar-refractivity contribution in [2.45, 2.75) is 13.3 Å². The van der Waals surface area contributed by atoms with Crippen molar-refractivity contribution < 1.29 is 9.90 Å². The quantitative estimate of drug-likeness (QED) is 0.502. The number of carboxylic acids is 1. The fraction of sp³-hybridized carbons (Fsp3) is 0.0833. The van der Waals surface area contributed by atoms with Crippen molar-refractivity contribution in [2.24, 2.45) is 0 Å². The first-order chi connectivity index (χ1) is 13.2. The molecule has 1 N–H and O–H groups in total. The summed E-state index contributed by atoms with van der Waals surface area (Å²) in [4.78, 5) is 16.4. The maximum Gasteiger partial charge on any atom is 0.336 e. The Morgan fingerprint density at radius 2 is 1.59 bits per heavy atom. The lowest BCUT2D eigenvalue weighted by molar-refractivity contribution is 0.0699. The number of aromatic nitrogens is 1. The summed E-state index contributed by atoms with van der Waals surface area (Å²) < 4.78 is 0. The summed E-state index contributed by atoms with van der Waals surface area (Å²) >= 11 is 0. The summed E-state index contributed by atoms with van der Waals surface area (Å²) in [5, 5.41) is 10.3. The molecule has 3 aromatic carbocycles. The molecule has 0 bridgehead atoms. The van der Waals surface area contributed by atoms with E-state index in [1.54, 1.807) is 12.1 Å². The van der Waals surface area contributed by atoms with E-state index >= 15 is 0 Å². The van der Waals surface area contributed by atoms with Crippen LogP contribution in [-0.2, 0) is 6.42 Å². The number of aromatic carboxylic acids is 1. The molecule has 0 aliphatic rings. The van der Waals surface area contributed by atoms with Gasteiger partial charge < -0.3 is 5.11 Å². The molecule has 0 saturated heterocycles. The number of pyridine rings is 1. The normalized spacial score (nSPS) is 10.9. The molecule has 0 atom stereocenters. The van der Waals surface area contributed by atoms with E-state index in [0.29, 0.717) is 16.6 Å². The first-order valence-electron chi connectivity index (χ1n) is 8.98. The summed E-state index contributed by atoms with van der Waals surface area (Å²) in [5.74, 6) is -0.943.